The minimum atomic E-state index is 0.436. The summed E-state index contributed by atoms with van der Waals surface area (Å²) in [6.07, 6.45) is 2.42. The molecule has 1 aromatic carbocycles. The Bertz CT molecular complexity index is 375. The van der Waals surface area contributed by atoms with Crippen LogP contribution >= 0.6 is 0 Å². The highest BCUT2D eigenvalue weighted by molar-refractivity contribution is 5.32. The van der Waals surface area contributed by atoms with Crippen LogP contribution in [0.3, 0.4) is 0 Å². The fraction of sp³-hybridized carbons (Fsp3) is 0.600. The molecule has 1 saturated carbocycles. The molecule has 1 aliphatic carbocycles. The lowest BCUT2D eigenvalue weighted by molar-refractivity contribution is 0.152. The average molecular weight is 249 g/mol. The molecule has 1 unspecified atom stereocenters. The molecular formula is C15H23NO2. The van der Waals surface area contributed by atoms with Crippen molar-refractivity contribution in [1.29, 1.82) is 0 Å². The fourth-order valence-corrected chi connectivity index (χ4v) is 2.62. The Morgan fingerprint density at radius 2 is 2.11 bits per heavy atom. The number of nitrogens with one attached hydrogen (secondary N) is 1. The van der Waals surface area contributed by atoms with Crippen molar-refractivity contribution in [3.63, 3.8) is 0 Å². The van der Waals surface area contributed by atoms with Gasteiger partial charge in [0, 0.05) is 19.2 Å². The van der Waals surface area contributed by atoms with Gasteiger partial charge < -0.3 is 14.8 Å². The molecule has 0 amide bonds. The predicted octanol–water partition coefficient (Wildman–Crippen LogP) is 2.57. The van der Waals surface area contributed by atoms with Gasteiger partial charge >= 0.3 is 0 Å². The van der Waals surface area contributed by atoms with Crippen molar-refractivity contribution in [2.75, 3.05) is 20.8 Å². The monoisotopic (exact) mass is 249 g/mol. The van der Waals surface area contributed by atoms with Gasteiger partial charge in [0.15, 0.2) is 0 Å². The van der Waals surface area contributed by atoms with Crippen molar-refractivity contribution in [1.82, 2.24) is 5.32 Å². The van der Waals surface area contributed by atoms with Crippen molar-refractivity contribution in [3.8, 4) is 5.75 Å². The molecule has 1 fully saturated rings. The normalized spacial score (nSPS) is 24.4. The zero-order valence-corrected chi connectivity index (χ0v) is 11.5. The Morgan fingerprint density at radius 1 is 1.33 bits per heavy atom. The van der Waals surface area contributed by atoms with Crippen LogP contribution in [0.2, 0.25) is 0 Å². The van der Waals surface area contributed by atoms with E-state index in [9.17, 15) is 0 Å². The summed E-state index contributed by atoms with van der Waals surface area (Å²) >= 11 is 0. The molecule has 3 nitrogen and oxygen atoms in total. The molecule has 0 spiro atoms. The Morgan fingerprint density at radius 3 is 2.78 bits per heavy atom. The van der Waals surface area contributed by atoms with E-state index in [1.54, 1.807) is 14.2 Å². The molecule has 0 bridgehead atoms. The lowest BCUT2D eigenvalue weighted by atomic mass is 9.75. The number of ether oxygens (including phenoxy) is 2. The van der Waals surface area contributed by atoms with Gasteiger partial charge in [0.2, 0.25) is 0 Å². The van der Waals surface area contributed by atoms with Crippen molar-refractivity contribution in [3.05, 3.63) is 29.8 Å². The molecule has 2 rings (SSSR count). The van der Waals surface area contributed by atoms with E-state index in [1.165, 1.54) is 18.4 Å². The first-order valence-electron chi connectivity index (χ1n) is 6.62. The second-order valence-electron chi connectivity index (χ2n) is 5.16. The highest BCUT2D eigenvalue weighted by Crippen LogP contribution is 2.38. The lowest BCUT2D eigenvalue weighted by Gasteiger charge is -2.38. The summed E-state index contributed by atoms with van der Waals surface area (Å²) in [6, 6.07) is 9.49. The van der Waals surface area contributed by atoms with Gasteiger partial charge in [0.05, 0.1) is 13.7 Å². The maximum absolute atomic E-state index is 5.26. The number of rotatable bonds is 6. The summed E-state index contributed by atoms with van der Waals surface area (Å²) in [5, 5.41) is 3.59. The molecule has 0 aliphatic heterocycles. The minimum Gasteiger partial charge on any atom is -0.497 e. The first-order chi connectivity index (χ1) is 8.72. The number of benzene rings is 1. The highest BCUT2D eigenvalue weighted by atomic mass is 16.5. The topological polar surface area (TPSA) is 30.5 Å². The first kappa shape index (κ1) is 13.4. The zero-order valence-electron chi connectivity index (χ0n) is 11.5. The molecule has 18 heavy (non-hydrogen) atoms. The van der Waals surface area contributed by atoms with Crippen molar-refractivity contribution >= 4 is 0 Å². The van der Waals surface area contributed by atoms with Gasteiger partial charge in [0.1, 0.15) is 5.75 Å². The van der Waals surface area contributed by atoms with Crippen LogP contribution in [0.5, 0.6) is 5.75 Å². The van der Waals surface area contributed by atoms with E-state index in [2.05, 4.69) is 30.4 Å². The Labute approximate surface area is 109 Å². The quantitative estimate of drug-likeness (QED) is 0.840. The third kappa shape index (κ3) is 3.24. The van der Waals surface area contributed by atoms with E-state index >= 15 is 0 Å². The Balaban J connectivity index is 1.81. The van der Waals surface area contributed by atoms with Gasteiger partial charge in [-0.25, -0.2) is 0 Å². The smallest absolute Gasteiger partial charge is 0.119 e. The van der Waals surface area contributed by atoms with Crippen LogP contribution < -0.4 is 10.1 Å². The van der Waals surface area contributed by atoms with E-state index in [4.69, 9.17) is 9.47 Å². The summed E-state index contributed by atoms with van der Waals surface area (Å²) in [6.45, 7) is 2.95. The number of methoxy groups -OCH3 is 2. The van der Waals surface area contributed by atoms with Crippen LogP contribution in [0.25, 0.3) is 0 Å². The summed E-state index contributed by atoms with van der Waals surface area (Å²) in [5.74, 6) is 1.63. The molecule has 0 heterocycles. The van der Waals surface area contributed by atoms with Crippen molar-refractivity contribution in [2.24, 2.45) is 0 Å². The molecule has 0 radical (unpaired) electrons. The lowest BCUT2D eigenvalue weighted by Crippen LogP contribution is -2.45. The maximum atomic E-state index is 5.26. The molecule has 0 aromatic heterocycles. The van der Waals surface area contributed by atoms with E-state index in [0.717, 1.165) is 12.4 Å². The largest absolute Gasteiger partial charge is 0.497 e. The van der Waals surface area contributed by atoms with Gasteiger partial charge in [-0.15, -0.1) is 0 Å². The number of hydrogen-bond donors (Lipinski definition) is 1. The molecule has 0 saturated heterocycles. The van der Waals surface area contributed by atoms with Crippen LogP contribution in [-0.4, -0.2) is 32.9 Å². The molecule has 1 aliphatic rings. The highest BCUT2D eigenvalue weighted by Gasteiger charge is 2.30. The third-order valence-electron chi connectivity index (χ3n) is 3.64. The third-order valence-corrected chi connectivity index (χ3v) is 3.64. The predicted molar refractivity (Wildman–Crippen MR) is 73.2 cm³/mol. The summed E-state index contributed by atoms with van der Waals surface area (Å²) < 4.78 is 10.4. The molecular weight excluding hydrogens is 226 g/mol. The second kappa shape index (κ2) is 6.21. The molecule has 3 heteroatoms. The van der Waals surface area contributed by atoms with Crippen LogP contribution in [0, 0.1) is 0 Å². The van der Waals surface area contributed by atoms with E-state index in [1.807, 2.05) is 6.07 Å². The van der Waals surface area contributed by atoms with Crippen LogP contribution in [-0.2, 0) is 4.74 Å². The molecule has 1 aromatic rings. The average Bonchev–Trinajstić information content (AvgIpc) is 2.33. The van der Waals surface area contributed by atoms with Crippen molar-refractivity contribution in [2.45, 2.75) is 37.8 Å². The minimum absolute atomic E-state index is 0.436. The van der Waals surface area contributed by atoms with Gasteiger partial charge in [-0.1, -0.05) is 12.1 Å². The zero-order chi connectivity index (χ0) is 13.0. The molecule has 1 atom stereocenters. The van der Waals surface area contributed by atoms with E-state index < -0.39 is 0 Å². The van der Waals surface area contributed by atoms with E-state index in [-0.39, 0.29) is 0 Å². The standard InChI is InChI=1S/C15H23NO2/c1-11(10-17-2)16-14-7-13(8-14)12-5-4-6-15(9-12)18-3/h4-6,9,11,13-14,16H,7-8,10H2,1-3H3. The summed E-state index contributed by atoms with van der Waals surface area (Å²) in [4.78, 5) is 0. The molecule has 100 valence electrons. The number of hydrogen-bond acceptors (Lipinski definition) is 3. The van der Waals surface area contributed by atoms with Gasteiger partial charge in [-0.2, -0.15) is 0 Å². The maximum Gasteiger partial charge on any atom is 0.119 e. The summed E-state index contributed by atoms with van der Waals surface area (Å²) in [7, 11) is 3.47. The van der Waals surface area contributed by atoms with Crippen LogP contribution in [0.1, 0.15) is 31.2 Å². The Kier molecular flexibility index (Phi) is 4.61. The summed E-state index contributed by atoms with van der Waals surface area (Å²) in [5.41, 5.74) is 1.40. The van der Waals surface area contributed by atoms with E-state index in [0.29, 0.717) is 18.0 Å². The van der Waals surface area contributed by atoms with Gasteiger partial charge in [-0.3, -0.25) is 0 Å². The van der Waals surface area contributed by atoms with Crippen molar-refractivity contribution < 1.29 is 9.47 Å². The second-order valence-corrected chi connectivity index (χ2v) is 5.16. The van der Waals surface area contributed by atoms with Gasteiger partial charge in [0.25, 0.3) is 0 Å². The van der Waals surface area contributed by atoms with Crippen LogP contribution in [0.15, 0.2) is 24.3 Å². The Hall–Kier alpha value is -1.06. The fourth-order valence-electron chi connectivity index (χ4n) is 2.62. The molecule has 1 N–H and O–H groups in total. The first-order valence-corrected chi connectivity index (χ1v) is 6.62. The van der Waals surface area contributed by atoms with Crippen LogP contribution in [0.4, 0.5) is 0 Å². The SMILES string of the molecule is COCC(C)NC1CC(c2cccc(OC)c2)C1. The van der Waals surface area contributed by atoms with Gasteiger partial charge in [-0.05, 0) is 43.4 Å².